The average molecular weight is 546 g/mol. The molecule has 0 heterocycles. The van der Waals surface area contributed by atoms with E-state index in [1.807, 2.05) is 0 Å². The number of rotatable bonds is 8. The number of hydrogen-bond acceptors (Lipinski definition) is 12. The highest BCUT2D eigenvalue weighted by molar-refractivity contribution is 7.94. The highest BCUT2D eigenvalue weighted by Gasteiger charge is 2.22. The highest BCUT2D eigenvalue weighted by atomic mass is 32.2. The van der Waals surface area contributed by atoms with Crippen LogP contribution >= 0.6 is 12.0 Å². The van der Waals surface area contributed by atoms with Crippen molar-refractivity contribution in [2.75, 3.05) is 11.1 Å². The molecule has 0 fully saturated rings. The Morgan fingerprint density at radius 2 is 1.60 bits per heavy atom. The summed E-state index contributed by atoms with van der Waals surface area (Å²) in [6, 6.07) is 7.08. The van der Waals surface area contributed by atoms with Crippen molar-refractivity contribution in [3.8, 4) is 0 Å². The Hall–Kier alpha value is -3.36. The summed E-state index contributed by atoms with van der Waals surface area (Å²) in [5, 5.41) is 21.4. The van der Waals surface area contributed by atoms with Crippen molar-refractivity contribution in [3.05, 3.63) is 42.5 Å². The summed E-state index contributed by atoms with van der Waals surface area (Å²) in [7, 11) is -9.79. The van der Waals surface area contributed by atoms with E-state index in [0.29, 0.717) is 12.0 Å². The van der Waals surface area contributed by atoms with Gasteiger partial charge >= 0.3 is 6.03 Å². The van der Waals surface area contributed by atoms with Crippen molar-refractivity contribution in [3.63, 3.8) is 0 Å². The molecule has 15 nitrogen and oxygen atoms in total. The summed E-state index contributed by atoms with van der Waals surface area (Å²) in [4.78, 5) is 9.76. The first-order chi connectivity index (χ1) is 16.3. The molecule has 3 rings (SSSR count). The molecule has 2 amide bonds. The van der Waals surface area contributed by atoms with Gasteiger partial charge in [0.2, 0.25) is 0 Å². The number of hydrogen-bond donors (Lipinski definition) is 6. The smallest absolute Gasteiger partial charge is 0.316 e. The fraction of sp³-hybridized carbons (Fsp3) is 0. The maximum atomic E-state index is 12.0. The monoisotopic (exact) mass is 545 g/mol. The fourth-order valence-corrected chi connectivity index (χ4v) is 4.80. The van der Waals surface area contributed by atoms with Gasteiger partial charge in [-0.25, -0.2) is 10.1 Å². The van der Waals surface area contributed by atoms with E-state index in [-0.39, 0.29) is 32.7 Å². The van der Waals surface area contributed by atoms with Gasteiger partial charge in [0.1, 0.15) is 21.2 Å². The number of fused-ring (bicyclic) bond motifs is 1. The summed E-state index contributed by atoms with van der Waals surface area (Å²) in [6.07, 6.45) is 0. The van der Waals surface area contributed by atoms with Gasteiger partial charge in [0, 0.05) is 16.0 Å². The molecular formula is C17H15N5O10S3. The third-order valence-corrected chi connectivity index (χ3v) is 6.56. The van der Waals surface area contributed by atoms with Crippen molar-refractivity contribution >= 4 is 71.8 Å². The zero-order valence-corrected chi connectivity index (χ0v) is 19.5. The number of urea groups is 1. The topological polar surface area (TPSA) is 253 Å². The standard InChI is InChI=1S/C17H15N5O10S3/c18-9-1-2-12(13(5-9)20-17(19)23)21-22-14-7-11-8(4-16(14)35(28,29)30)3-10(33-32-31-24)6-15(11)34(25,26)27/h1-7,24H,18H2,(H3,19,20,23)(H,25,26,27)(H,28,29,30). The van der Waals surface area contributed by atoms with Crippen molar-refractivity contribution in [1.29, 1.82) is 0 Å². The van der Waals surface area contributed by atoms with Gasteiger partial charge in [-0.2, -0.15) is 16.8 Å². The Balaban J connectivity index is 2.27. The number of benzene rings is 3. The minimum Gasteiger partial charge on any atom is -0.399 e. The van der Waals surface area contributed by atoms with Crippen LogP contribution in [0.4, 0.5) is 27.5 Å². The molecule has 0 bridgehead atoms. The van der Waals surface area contributed by atoms with Crippen LogP contribution in [0.15, 0.2) is 67.4 Å². The Morgan fingerprint density at radius 1 is 0.943 bits per heavy atom. The van der Waals surface area contributed by atoms with Crippen LogP contribution < -0.4 is 16.8 Å². The fourth-order valence-electron chi connectivity index (χ4n) is 2.90. The number of carbonyl (C=O) groups is 1. The van der Waals surface area contributed by atoms with Gasteiger partial charge in [-0.1, -0.05) is 5.04 Å². The van der Waals surface area contributed by atoms with Crippen LogP contribution in [0.5, 0.6) is 0 Å². The summed E-state index contributed by atoms with van der Waals surface area (Å²) < 4.78 is 71.6. The number of primary amides is 1. The minimum absolute atomic E-state index is 0.0118. The molecular weight excluding hydrogens is 530 g/mol. The zero-order valence-electron chi connectivity index (χ0n) is 17.0. The van der Waals surface area contributed by atoms with Crippen molar-refractivity contribution in [2.45, 2.75) is 14.7 Å². The summed E-state index contributed by atoms with van der Waals surface area (Å²) in [6.45, 7) is 0. The van der Waals surface area contributed by atoms with E-state index in [1.165, 1.54) is 24.3 Å². The summed E-state index contributed by atoms with van der Waals surface area (Å²) in [5.74, 6) is 0. The Kier molecular flexibility index (Phi) is 7.57. The second kappa shape index (κ2) is 10.1. The Bertz CT molecular complexity index is 1560. The number of anilines is 2. The van der Waals surface area contributed by atoms with E-state index in [4.69, 9.17) is 16.7 Å². The lowest BCUT2D eigenvalue weighted by molar-refractivity contribution is -0.432. The lowest BCUT2D eigenvalue weighted by atomic mass is 10.1. The van der Waals surface area contributed by atoms with Crippen LogP contribution in [0, 0.1) is 0 Å². The molecule has 3 aromatic carbocycles. The molecule has 18 heteroatoms. The number of nitrogens with zero attached hydrogens (tertiary/aromatic N) is 2. The average Bonchev–Trinajstić information content (AvgIpc) is 2.74. The van der Waals surface area contributed by atoms with Crippen molar-refractivity contribution in [2.24, 2.45) is 16.0 Å². The van der Waals surface area contributed by atoms with Gasteiger partial charge in [0.25, 0.3) is 20.2 Å². The van der Waals surface area contributed by atoms with Crippen LogP contribution in [-0.4, -0.2) is 37.2 Å². The Morgan fingerprint density at radius 3 is 2.20 bits per heavy atom. The number of nitrogens with one attached hydrogen (secondary N) is 1. The molecule has 0 aliphatic rings. The molecule has 0 saturated carbocycles. The van der Waals surface area contributed by atoms with Gasteiger partial charge in [-0.3, -0.25) is 9.11 Å². The van der Waals surface area contributed by atoms with Gasteiger partial charge in [0.15, 0.2) is 0 Å². The molecule has 8 N–H and O–H groups in total. The highest BCUT2D eigenvalue weighted by Crippen LogP contribution is 2.38. The summed E-state index contributed by atoms with van der Waals surface area (Å²) in [5.41, 5.74) is 10.5. The largest absolute Gasteiger partial charge is 0.399 e. The van der Waals surface area contributed by atoms with Crippen LogP contribution in [0.3, 0.4) is 0 Å². The van der Waals surface area contributed by atoms with Gasteiger partial charge in [-0.15, -0.1) is 14.6 Å². The zero-order chi connectivity index (χ0) is 26.0. The second-order valence-corrected chi connectivity index (χ2v) is 10.2. The minimum atomic E-state index is -4.92. The van der Waals surface area contributed by atoms with E-state index in [0.717, 1.165) is 18.2 Å². The van der Waals surface area contributed by atoms with Gasteiger partial charge in [0.05, 0.1) is 17.7 Å². The first-order valence-electron chi connectivity index (χ1n) is 8.89. The first kappa shape index (κ1) is 26.2. The van der Waals surface area contributed by atoms with Gasteiger partial charge in [-0.05, 0) is 47.9 Å². The van der Waals surface area contributed by atoms with Gasteiger partial charge < -0.3 is 16.8 Å². The van der Waals surface area contributed by atoms with E-state index in [1.54, 1.807) is 0 Å². The maximum Gasteiger partial charge on any atom is 0.316 e. The van der Waals surface area contributed by atoms with Crippen molar-refractivity contribution in [1.82, 2.24) is 0 Å². The molecule has 3 aromatic rings. The molecule has 0 saturated heterocycles. The molecule has 0 aliphatic carbocycles. The molecule has 0 aliphatic heterocycles. The van der Waals surface area contributed by atoms with Crippen LogP contribution in [0.1, 0.15) is 0 Å². The first-order valence-corrected chi connectivity index (χ1v) is 12.5. The molecule has 0 radical (unpaired) electrons. The van der Waals surface area contributed by atoms with Crippen molar-refractivity contribution < 1.29 is 45.4 Å². The normalized spacial score (nSPS) is 12.3. The number of nitrogen functional groups attached to an aromatic ring is 1. The molecule has 0 atom stereocenters. The number of nitrogens with two attached hydrogens (primary N) is 2. The molecule has 186 valence electrons. The van der Waals surface area contributed by atoms with Crippen LogP contribution in [-0.2, 0) is 29.6 Å². The second-order valence-electron chi connectivity index (χ2n) is 6.60. The lowest BCUT2D eigenvalue weighted by Crippen LogP contribution is -2.19. The van der Waals surface area contributed by atoms with Crippen LogP contribution in [0.25, 0.3) is 10.8 Å². The Labute approximate surface area is 201 Å². The van der Waals surface area contributed by atoms with E-state index in [2.05, 4.69) is 24.9 Å². The van der Waals surface area contributed by atoms with Crippen LogP contribution in [0.2, 0.25) is 0 Å². The summed E-state index contributed by atoms with van der Waals surface area (Å²) >= 11 is 0.342. The lowest BCUT2D eigenvalue weighted by Gasteiger charge is -2.10. The number of azo groups is 1. The predicted molar refractivity (Wildman–Crippen MR) is 122 cm³/mol. The van der Waals surface area contributed by atoms with E-state index < -0.39 is 41.7 Å². The number of carbonyl (C=O) groups excluding carboxylic acids is 1. The molecule has 0 spiro atoms. The molecule has 35 heavy (non-hydrogen) atoms. The molecule has 0 aromatic heterocycles. The quantitative estimate of drug-likeness (QED) is 0.0595. The maximum absolute atomic E-state index is 12.0. The molecule has 0 unspecified atom stereocenters. The third-order valence-electron chi connectivity index (χ3n) is 4.23. The number of amides is 2. The third kappa shape index (κ3) is 6.41. The van der Waals surface area contributed by atoms with E-state index in [9.17, 15) is 30.7 Å². The van der Waals surface area contributed by atoms with E-state index >= 15 is 0 Å². The predicted octanol–water partition coefficient (Wildman–Crippen LogP) is 3.25. The SMILES string of the molecule is NC(=O)Nc1cc(N)ccc1N=Nc1cc2c(S(=O)(=O)O)cc(SOOO)cc2cc1S(=O)(=O)O.